The van der Waals surface area contributed by atoms with Crippen molar-refractivity contribution in [1.29, 1.82) is 0 Å². The standard InChI is InChI=1S/C47H33N5O/c48-45(52-46-38(32-11-5-2-6-12-32)25-35(27-51-46)30-9-3-1-4-10-30)33-17-15-31(16-18-33)34-19-20-37-36-13-7-8-14-39(36)47(40(37)26-34)41-28-49-23-21-43(41)53-44-22-24-50-29-42(44)47/h1-29,45H,48H2,(H,51,52). The summed E-state index contributed by atoms with van der Waals surface area (Å²) in [4.78, 5) is 17.6. The molecule has 5 aromatic carbocycles. The van der Waals surface area contributed by atoms with Crippen LogP contribution in [0.4, 0.5) is 0 Å². The summed E-state index contributed by atoms with van der Waals surface area (Å²) in [7, 11) is 0. The van der Waals surface area contributed by atoms with Crippen LogP contribution in [0.1, 0.15) is 34.0 Å². The number of aromatic nitrogens is 3. The molecule has 1 atom stereocenters. The number of rotatable bonds is 5. The molecule has 1 unspecified atom stereocenters. The number of fused-ring (bicyclic) bond motifs is 9. The van der Waals surface area contributed by atoms with E-state index in [0.717, 1.165) is 67.1 Å². The molecular weight excluding hydrogens is 651 g/mol. The van der Waals surface area contributed by atoms with Gasteiger partial charge in [0.05, 0.1) is 5.41 Å². The van der Waals surface area contributed by atoms with E-state index in [-0.39, 0.29) is 0 Å². The van der Waals surface area contributed by atoms with Crippen LogP contribution in [-0.2, 0) is 5.41 Å². The van der Waals surface area contributed by atoms with E-state index in [0.29, 0.717) is 0 Å². The zero-order chi connectivity index (χ0) is 35.4. The van der Waals surface area contributed by atoms with Crippen molar-refractivity contribution in [2.24, 2.45) is 10.7 Å². The third kappa shape index (κ3) is 4.95. The maximum atomic E-state index is 6.81. The fourth-order valence-electron chi connectivity index (χ4n) is 8.13. The van der Waals surface area contributed by atoms with Gasteiger partial charge in [-0.05, 0) is 79.9 Å². The fraction of sp³-hybridized carbons (Fsp3) is 0.0426. The summed E-state index contributed by atoms with van der Waals surface area (Å²) in [6, 6.07) is 50.6. The van der Waals surface area contributed by atoms with Crippen LogP contribution >= 0.6 is 0 Å². The van der Waals surface area contributed by atoms with E-state index < -0.39 is 11.6 Å². The van der Waals surface area contributed by atoms with Crippen LogP contribution < -0.4 is 16.0 Å². The van der Waals surface area contributed by atoms with Crippen molar-refractivity contribution in [3.8, 4) is 56.0 Å². The van der Waals surface area contributed by atoms with Crippen LogP contribution in [0.2, 0.25) is 0 Å². The van der Waals surface area contributed by atoms with E-state index >= 15 is 0 Å². The molecule has 6 heteroatoms. The van der Waals surface area contributed by atoms with Gasteiger partial charge in [0.15, 0.2) is 0 Å². The molecule has 2 aliphatic rings. The Balaban J connectivity index is 1.05. The molecule has 0 bridgehead atoms. The quantitative estimate of drug-likeness (QED) is 0.189. The van der Waals surface area contributed by atoms with Crippen LogP contribution in [0, 0.1) is 0 Å². The Morgan fingerprint density at radius 1 is 0.528 bits per heavy atom. The van der Waals surface area contributed by atoms with E-state index in [4.69, 9.17) is 15.5 Å². The van der Waals surface area contributed by atoms with Crippen LogP contribution in [0.5, 0.6) is 11.5 Å². The van der Waals surface area contributed by atoms with Crippen molar-refractivity contribution in [3.63, 3.8) is 0 Å². The molecule has 0 saturated heterocycles. The molecule has 0 amide bonds. The van der Waals surface area contributed by atoms with E-state index in [9.17, 15) is 0 Å². The topological polar surface area (TPSA) is 89.2 Å². The summed E-state index contributed by atoms with van der Waals surface area (Å²) in [6.07, 6.45) is 8.89. The van der Waals surface area contributed by atoms with Crippen molar-refractivity contribution in [3.05, 3.63) is 210 Å². The molecular formula is C47H33N5O. The summed E-state index contributed by atoms with van der Waals surface area (Å²) in [5.74, 6) is 1.60. The second-order valence-corrected chi connectivity index (χ2v) is 13.5. The van der Waals surface area contributed by atoms with Crippen molar-refractivity contribution >= 4 is 0 Å². The number of nitrogens with one attached hydrogen (secondary N) is 1. The lowest BCUT2D eigenvalue weighted by Gasteiger charge is -2.38. The van der Waals surface area contributed by atoms with Crippen LogP contribution in [-0.4, -0.2) is 15.0 Å². The highest BCUT2D eigenvalue weighted by atomic mass is 16.5. The largest absolute Gasteiger partial charge is 0.456 e. The van der Waals surface area contributed by atoms with Gasteiger partial charge in [0.1, 0.15) is 23.2 Å². The van der Waals surface area contributed by atoms with E-state index in [1.165, 1.54) is 22.3 Å². The third-order valence-electron chi connectivity index (χ3n) is 10.6. The number of aromatic amines is 1. The number of ether oxygens (including phenoxy) is 1. The van der Waals surface area contributed by atoms with Gasteiger partial charge < -0.3 is 15.5 Å². The second kappa shape index (κ2) is 12.4. The van der Waals surface area contributed by atoms with Gasteiger partial charge in [0, 0.05) is 47.7 Å². The van der Waals surface area contributed by atoms with E-state index in [2.05, 4.69) is 112 Å². The van der Waals surface area contributed by atoms with Crippen molar-refractivity contribution in [2.75, 3.05) is 0 Å². The average Bonchev–Trinajstić information content (AvgIpc) is 3.51. The highest BCUT2D eigenvalue weighted by Crippen LogP contribution is 2.62. The minimum atomic E-state index is -0.627. The van der Waals surface area contributed by atoms with Gasteiger partial charge in [-0.3, -0.25) is 9.97 Å². The molecule has 3 N–H and O–H groups in total. The Kier molecular flexibility index (Phi) is 7.23. The maximum absolute atomic E-state index is 6.81. The van der Waals surface area contributed by atoms with Crippen LogP contribution in [0.15, 0.2) is 182 Å². The summed E-state index contributed by atoms with van der Waals surface area (Å²) < 4.78 is 6.44. The molecule has 10 rings (SSSR count). The first-order chi connectivity index (χ1) is 26.2. The number of H-pyrrole nitrogens is 1. The molecule has 1 spiro atoms. The highest BCUT2D eigenvalue weighted by Gasteiger charge is 2.51. The van der Waals surface area contributed by atoms with Gasteiger partial charge in [0.25, 0.3) is 0 Å². The molecule has 1 aliphatic carbocycles. The Labute approximate surface area is 307 Å². The lowest BCUT2D eigenvalue weighted by Crippen LogP contribution is -2.32. The number of hydrogen-bond donors (Lipinski definition) is 2. The van der Waals surface area contributed by atoms with Gasteiger partial charge >= 0.3 is 0 Å². The molecule has 0 saturated carbocycles. The average molecular weight is 684 g/mol. The zero-order valence-corrected chi connectivity index (χ0v) is 28.6. The second-order valence-electron chi connectivity index (χ2n) is 13.5. The number of hydrogen-bond acceptors (Lipinski definition) is 5. The van der Waals surface area contributed by atoms with Gasteiger partial charge in [-0.15, -0.1) is 0 Å². The maximum Gasteiger partial charge on any atom is 0.135 e. The Morgan fingerprint density at radius 2 is 1.13 bits per heavy atom. The molecule has 0 fully saturated rings. The summed E-state index contributed by atoms with van der Waals surface area (Å²) in [6.45, 7) is 0. The molecule has 8 aromatic rings. The third-order valence-corrected chi connectivity index (χ3v) is 10.6. The monoisotopic (exact) mass is 683 g/mol. The molecule has 252 valence electrons. The first-order valence-corrected chi connectivity index (χ1v) is 17.7. The number of nitrogens with two attached hydrogens (primary N) is 1. The Hall–Kier alpha value is -6.89. The van der Waals surface area contributed by atoms with E-state index in [1.807, 2.05) is 67.1 Å². The minimum Gasteiger partial charge on any atom is -0.456 e. The number of nitrogens with zero attached hydrogens (tertiary/aromatic N) is 3. The molecule has 1 aliphatic heterocycles. The van der Waals surface area contributed by atoms with Crippen molar-refractivity contribution < 1.29 is 4.74 Å². The van der Waals surface area contributed by atoms with Gasteiger partial charge in [0.2, 0.25) is 0 Å². The Bertz CT molecular complexity index is 2680. The number of benzene rings is 5. The zero-order valence-electron chi connectivity index (χ0n) is 28.6. The van der Waals surface area contributed by atoms with Crippen molar-refractivity contribution in [1.82, 2.24) is 15.0 Å². The smallest absolute Gasteiger partial charge is 0.135 e. The molecule has 3 aromatic heterocycles. The highest BCUT2D eigenvalue weighted by molar-refractivity contribution is 5.90. The van der Waals surface area contributed by atoms with Gasteiger partial charge in [-0.25, -0.2) is 4.99 Å². The van der Waals surface area contributed by atoms with Gasteiger partial charge in [-0.2, -0.15) is 0 Å². The van der Waals surface area contributed by atoms with Crippen LogP contribution in [0.3, 0.4) is 0 Å². The normalized spacial score (nSPS) is 14.1. The molecule has 4 heterocycles. The molecule has 53 heavy (non-hydrogen) atoms. The Morgan fingerprint density at radius 3 is 1.85 bits per heavy atom. The minimum absolute atomic E-state index is 0.571. The predicted molar refractivity (Wildman–Crippen MR) is 209 cm³/mol. The van der Waals surface area contributed by atoms with Crippen LogP contribution in [0.25, 0.3) is 44.5 Å². The first-order valence-electron chi connectivity index (χ1n) is 17.7. The molecule has 6 nitrogen and oxygen atoms in total. The summed E-state index contributed by atoms with van der Waals surface area (Å²) in [5, 5.41) is 0. The lowest BCUT2D eigenvalue weighted by atomic mass is 9.67. The lowest BCUT2D eigenvalue weighted by molar-refractivity contribution is 0.433. The number of pyridine rings is 3. The SMILES string of the molecule is NC(/N=c1\[nH]cc(-c2ccccc2)cc1-c1ccccc1)c1ccc(-c2ccc3c(c2)C2(c4cnccc4Oc4ccncc42)c2ccccc2-3)cc1. The van der Waals surface area contributed by atoms with E-state index in [1.54, 1.807) is 12.4 Å². The van der Waals surface area contributed by atoms with Gasteiger partial charge in [-0.1, -0.05) is 121 Å². The van der Waals surface area contributed by atoms with Crippen molar-refractivity contribution in [2.45, 2.75) is 11.6 Å². The summed E-state index contributed by atoms with van der Waals surface area (Å²) in [5.41, 5.74) is 21.1. The molecule has 0 radical (unpaired) electrons. The summed E-state index contributed by atoms with van der Waals surface area (Å²) >= 11 is 0. The fourth-order valence-corrected chi connectivity index (χ4v) is 8.13. The predicted octanol–water partition coefficient (Wildman–Crippen LogP) is 9.83. The first kappa shape index (κ1) is 30.9.